The summed E-state index contributed by atoms with van der Waals surface area (Å²) in [7, 11) is 0. The van der Waals surface area contributed by atoms with Gasteiger partial charge in [-0.3, -0.25) is 4.79 Å². The van der Waals surface area contributed by atoms with Crippen LogP contribution in [-0.2, 0) is 11.0 Å². The average Bonchev–Trinajstić information content (AvgIpc) is 2.57. The molecule has 2 heterocycles. The molecule has 0 saturated carbocycles. The molecule has 2 aromatic rings. The maximum Gasteiger partial charge on any atom is 0.416 e. The van der Waals surface area contributed by atoms with Gasteiger partial charge in [0, 0.05) is 24.6 Å². The zero-order valence-electron chi connectivity index (χ0n) is 13.9. The number of carbonyl (C=O) groups is 1. The number of hydrogen-bond acceptors (Lipinski definition) is 5. The first-order chi connectivity index (χ1) is 12.2. The quantitative estimate of drug-likeness (QED) is 0.778. The summed E-state index contributed by atoms with van der Waals surface area (Å²) >= 11 is 0. The van der Waals surface area contributed by atoms with Crippen molar-refractivity contribution in [1.82, 2.24) is 15.5 Å². The van der Waals surface area contributed by atoms with Crippen LogP contribution in [-0.4, -0.2) is 33.8 Å². The number of benzene rings is 1. The number of aromatic nitrogens is 2. The summed E-state index contributed by atoms with van der Waals surface area (Å²) in [6, 6.07) is 4.89. The van der Waals surface area contributed by atoms with Crippen LogP contribution < -0.4 is 10.6 Å². The van der Waals surface area contributed by atoms with Crippen molar-refractivity contribution in [3.8, 4) is 17.0 Å². The Morgan fingerprint density at radius 2 is 2.04 bits per heavy atom. The summed E-state index contributed by atoms with van der Waals surface area (Å²) in [5.74, 6) is -0.000910. The number of piperidine rings is 1. The van der Waals surface area contributed by atoms with E-state index in [0.29, 0.717) is 31.3 Å². The fourth-order valence-electron chi connectivity index (χ4n) is 2.87. The molecule has 0 radical (unpaired) electrons. The number of halogens is 3. The van der Waals surface area contributed by atoms with Crippen LogP contribution in [0.25, 0.3) is 11.3 Å². The Morgan fingerprint density at radius 3 is 2.58 bits per heavy atom. The third kappa shape index (κ3) is 3.87. The van der Waals surface area contributed by atoms with E-state index in [2.05, 4.69) is 20.8 Å². The predicted molar refractivity (Wildman–Crippen MR) is 88.5 cm³/mol. The first-order valence-electron chi connectivity index (χ1n) is 8.02. The van der Waals surface area contributed by atoms with Gasteiger partial charge in [0.15, 0.2) is 0 Å². The summed E-state index contributed by atoms with van der Waals surface area (Å²) in [6.45, 7) is 1.96. The summed E-state index contributed by atoms with van der Waals surface area (Å²) in [5, 5.41) is 23.9. The van der Waals surface area contributed by atoms with Crippen molar-refractivity contribution in [2.75, 3.05) is 11.9 Å². The second-order valence-corrected chi connectivity index (χ2v) is 6.17. The van der Waals surface area contributed by atoms with E-state index in [1.807, 2.05) is 0 Å². The Hall–Kier alpha value is -2.84. The van der Waals surface area contributed by atoms with Crippen molar-refractivity contribution in [2.24, 2.45) is 0 Å². The first kappa shape index (κ1) is 18.0. The molecule has 9 heteroatoms. The van der Waals surface area contributed by atoms with Crippen molar-refractivity contribution in [1.29, 1.82) is 0 Å². The lowest BCUT2D eigenvalue weighted by molar-refractivity contribution is -0.137. The van der Waals surface area contributed by atoms with Gasteiger partial charge in [0.25, 0.3) is 0 Å². The Morgan fingerprint density at radius 1 is 1.27 bits per heavy atom. The number of nitrogens with zero attached hydrogens (tertiary/aromatic N) is 2. The van der Waals surface area contributed by atoms with Crippen LogP contribution in [0, 0.1) is 6.92 Å². The van der Waals surface area contributed by atoms with Gasteiger partial charge in [-0.25, -0.2) is 0 Å². The maximum atomic E-state index is 12.8. The van der Waals surface area contributed by atoms with Crippen LogP contribution in [0.4, 0.5) is 19.0 Å². The number of hydrogen-bond donors (Lipinski definition) is 3. The molecule has 138 valence electrons. The maximum absolute atomic E-state index is 12.8. The molecule has 3 N–H and O–H groups in total. The van der Waals surface area contributed by atoms with E-state index in [4.69, 9.17) is 0 Å². The molecule has 1 aromatic heterocycles. The molecule has 1 amide bonds. The number of aromatic hydroxyl groups is 1. The van der Waals surface area contributed by atoms with Crippen LogP contribution in [0.1, 0.15) is 24.0 Å². The van der Waals surface area contributed by atoms with E-state index in [1.165, 1.54) is 6.92 Å². The molecule has 1 fully saturated rings. The third-order valence-electron chi connectivity index (χ3n) is 4.18. The lowest BCUT2D eigenvalue weighted by atomic mass is 10.0. The Labute approximate surface area is 147 Å². The Balaban J connectivity index is 1.79. The first-order valence-corrected chi connectivity index (χ1v) is 8.02. The van der Waals surface area contributed by atoms with Crippen molar-refractivity contribution in [3.63, 3.8) is 0 Å². The van der Waals surface area contributed by atoms with Crippen molar-refractivity contribution < 1.29 is 23.1 Å². The van der Waals surface area contributed by atoms with E-state index in [9.17, 15) is 23.1 Å². The number of rotatable bonds is 3. The van der Waals surface area contributed by atoms with E-state index in [1.54, 1.807) is 12.1 Å². The minimum atomic E-state index is -4.53. The van der Waals surface area contributed by atoms with Gasteiger partial charge in [0.05, 0.1) is 11.3 Å². The second-order valence-electron chi connectivity index (χ2n) is 6.17. The highest BCUT2D eigenvalue weighted by atomic mass is 19.4. The SMILES string of the molecule is Cc1cc(C(F)(F)F)cc(O)c1-c1ccc(NC2CCC(=O)NC2)nn1. The van der Waals surface area contributed by atoms with Gasteiger partial charge in [-0.1, -0.05) is 0 Å². The molecular formula is C17H17F3N4O2. The molecule has 0 bridgehead atoms. The monoisotopic (exact) mass is 366 g/mol. The fourth-order valence-corrected chi connectivity index (χ4v) is 2.87. The number of nitrogens with one attached hydrogen (secondary N) is 2. The van der Waals surface area contributed by atoms with Crippen LogP contribution in [0.15, 0.2) is 24.3 Å². The van der Waals surface area contributed by atoms with Crippen LogP contribution in [0.2, 0.25) is 0 Å². The van der Waals surface area contributed by atoms with Crippen molar-refractivity contribution in [2.45, 2.75) is 32.0 Å². The zero-order chi connectivity index (χ0) is 18.9. The number of amides is 1. The van der Waals surface area contributed by atoms with E-state index in [-0.39, 0.29) is 28.8 Å². The molecule has 1 atom stereocenters. The lowest BCUT2D eigenvalue weighted by Crippen LogP contribution is -2.42. The highest BCUT2D eigenvalue weighted by Crippen LogP contribution is 2.38. The summed E-state index contributed by atoms with van der Waals surface area (Å²) in [6.07, 6.45) is -3.43. The molecule has 3 rings (SSSR count). The summed E-state index contributed by atoms with van der Waals surface area (Å²) in [5.41, 5.74) is -0.178. The van der Waals surface area contributed by atoms with Crippen LogP contribution >= 0.6 is 0 Å². The number of alkyl halides is 3. The van der Waals surface area contributed by atoms with Gasteiger partial charge in [-0.2, -0.15) is 13.2 Å². The molecular weight excluding hydrogens is 349 g/mol. The smallest absolute Gasteiger partial charge is 0.416 e. The van der Waals surface area contributed by atoms with Crippen molar-refractivity contribution >= 4 is 11.7 Å². The topological polar surface area (TPSA) is 87.1 Å². The molecule has 1 aliphatic rings. The van der Waals surface area contributed by atoms with Gasteiger partial charge in [-0.05, 0) is 43.2 Å². The van der Waals surface area contributed by atoms with Crippen LogP contribution in [0.5, 0.6) is 5.75 Å². The second kappa shape index (κ2) is 6.81. The molecule has 0 aliphatic carbocycles. The van der Waals surface area contributed by atoms with E-state index in [0.717, 1.165) is 6.07 Å². The lowest BCUT2D eigenvalue weighted by Gasteiger charge is -2.23. The van der Waals surface area contributed by atoms with Crippen LogP contribution in [0.3, 0.4) is 0 Å². The molecule has 1 unspecified atom stereocenters. The number of carbonyl (C=O) groups excluding carboxylic acids is 1. The average molecular weight is 366 g/mol. The third-order valence-corrected chi connectivity index (χ3v) is 4.18. The fraction of sp³-hybridized carbons (Fsp3) is 0.353. The van der Waals surface area contributed by atoms with E-state index >= 15 is 0 Å². The summed E-state index contributed by atoms with van der Waals surface area (Å²) in [4.78, 5) is 11.2. The van der Waals surface area contributed by atoms with Gasteiger partial charge < -0.3 is 15.7 Å². The summed E-state index contributed by atoms with van der Waals surface area (Å²) < 4.78 is 38.4. The van der Waals surface area contributed by atoms with E-state index < -0.39 is 17.5 Å². The molecule has 1 aliphatic heterocycles. The molecule has 1 saturated heterocycles. The molecule has 26 heavy (non-hydrogen) atoms. The minimum absolute atomic E-state index is 0.0118. The number of aryl methyl sites for hydroxylation is 1. The highest BCUT2D eigenvalue weighted by molar-refractivity contribution is 5.77. The standard InChI is InChI=1S/C17H17F3N4O2/c1-9-6-10(17(18,19)20)7-13(25)16(9)12-3-4-14(24-23-12)22-11-2-5-15(26)21-8-11/h3-4,6-7,11,25H,2,5,8H2,1H3,(H,21,26)(H,22,24). The Bertz CT molecular complexity index is 789. The van der Waals surface area contributed by atoms with Gasteiger partial charge in [0.2, 0.25) is 5.91 Å². The largest absolute Gasteiger partial charge is 0.507 e. The Kier molecular flexibility index (Phi) is 4.71. The predicted octanol–water partition coefficient (Wildman–Crippen LogP) is 2.87. The van der Waals surface area contributed by atoms with Gasteiger partial charge >= 0.3 is 6.18 Å². The minimum Gasteiger partial charge on any atom is -0.507 e. The van der Waals surface area contributed by atoms with Gasteiger partial charge in [0.1, 0.15) is 11.6 Å². The number of phenols is 1. The molecule has 0 spiro atoms. The number of anilines is 1. The normalized spacial score (nSPS) is 17.7. The molecule has 6 nitrogen and oxygen atoms in total. The highest BCUT2D eigenvalue weighted by Gasteiger charge is 2.32. The van der Waals surface area contributed by atoms with Gasteiger partial charge in [-0.15, -0.1) is 10.2 Å². The molecule has 1 aromatic carbocycles. The zero-order valence-corrected chi connectivity index (χ0v) is 13.9. The number of phenolic OH excluding ortho intramolecular Hbond substituents is 1. The van der Waals surface area contributed by atoms with Crippen molar-refractivity contribution in [3.05, 3.63) is 35.4 Å².